The van der Waals surface area contributed by atoms with Gasteiger partial charge in [-0.25, -0.2) is 0 Å². The van der Waals surface area contributed by atoms with Gasteiger partial charge in [0.15, 0.2) is 0 Å². The first-order valence-corrected chi connectivity index (χ1v) is 7.98. The molecule has 20 heavy (non-hydrogen) atoms. The van der Waals surface area contributed by atoms with E-state index in [9.17, 15) is 0 Å². The molecule has 0 aliphatic heterocycles. The molecule has 106 valence electrons. The van der Waals surface area contributed by atoms with E-state index < -0.39 is 0 Å². The SMILES string of the molecule is Cc1cccc(CSCCOc2cccc(CN)c2)c1. The summed E-state index contributed by atoms with van der Waals surface area (Å²) in [6.45, 7) is 3.41. The molecule has 0 radical (unpaired) electrons. The van der Waals surface area contributed by atoms with Gasteiger partial charge in [0.05, 0.1) is 6.61 Å². The van der Waals surface area contributed by atoms with Gasteiger partial charge in [0.2, 0.25) is 0 Å². The van der Waals surface area contributed by atoms with Crippen LogP contribution in [-0.2, 0) is 12.3 Å². The van der Waals surface area contributed by atoms with Gasteiger partial charge < -0.3 is 10.5 Å². The highest BCUT2D eigenvalue weighted by molar-refractivity contribution is 7.98. The van der Waals surface area contributed by atoms with Crippen molar-refractivity contribution < 1.29 is 4.74 Å². The fraction of sp³-hybridized carbons (Fsp3) is 0.294. The first-order valence-electron chi connectivity index (χ1n) is 6.83. The van der Waals surface area contributed by atoms with E-state index in [0.29, 0.717) is 6.54 Å². The van der Waals surface area contributed by atoms with Crippen LogP contribution in [0.4, 0.5) is 0 Å². The Kier molecular flexibility index (Phi) is 5.96. The molecule has 0 fully saturated rings. The number of nitrogens with two attached hydrogens (primary N) is 1. The number of ether oxygens (including phenoxy) is 1. The molecule has 0 atom stereocenters. The minimum Gasteiger partial charge on any atom is -0.493 e. The third kappa shape index (κ3) is 4.91. The van der Waals surface area contributed by atoms with Crippen LogP contribution in [0.25, 0.3) is 0 Å². The smallest absolute Gasteiger partial charge is 0.119 e. The van der Waals surface area contributed by atoms with E-state index in [1.807, 2.05) is 36.0 Å². The molecule has 2 aromatic carbocycles. The first kappa shape index (κ1) is 14.9. The van der Waals surface area contributed by atoms with E-state index in [2.05, 4.69) is 31.2 Å². The van der Waals surface area contributed by atoms with Gasteiger partial charge in [-0.1, -0.05) is 42.0 Å². The Morgan fingerprint density at radius 1 is 1.05 bits per heavy atom. The lowest BCUT2D eigenvalue weighted by molar-refractivity contribution is 0.343. The fourth-order valence-electron chi connectivity index (χ4n) is 1.97. The second kappa shape index (κ2) is 7.98. The highest BCUT2D eigenvalue weighted by atomic mass is 32.2. The first-order chi connectivity index (χ1) is 9.78. The summed E-state index contributed by atoms with van der Waals surface area (Å²) in [5.74, 6) is 2.93. The molecule has 0 saturated heterocycles. The molecule has 0 bridgehead atoms. The zero-order valence-electron chi connectivity index (χ0n) is 11.8. The fourth-order valence-corrected chi connectivity index (χ4v) is 2.73. The van der Waals surface area contributed by atoms with Crippen LogP contribution in [0.1, 0.15) is 16.7 Å². The molecule has 3 heteroatoms. The molecule has 0 spiro atoms. The monoisotopic (exact) mass is 287 g/mol. The van der Waals surface area contributed by atoms with E-state index in [-0.39, 0.29) is 0 Å². The Labute approximate surface area is 125 Å². The molecule has 2 N–H and O–H groups in total. The van der Waals surface area contributed by atoms with Crippen LogP contribution in [0.15, 0.2) is 48.5 Å². The van der Waals surface area contributed by atoms with Crippen molar-refractivity contribution in [1.29, 1.82) is 0 Å². The number of benzene rings is 2. The lowest BCUT2D eigenvalue weighted by Crippen LogP contribution is -2.02. The van der Waals surface area contributed by atoms with Crippen molar-refractivity contribution in [1.82, 2.24) is 0 Å². The van der Waals surface area contributed by atoms with E-state index in [1.54, 1.807) is 0 Å². The van der Waals surface area contributed by atoms with Crippen LogP contribution < -0.4 is 10.5 Å². The van der Waals surface area contributed by atoms with Gasteiger partial charge in [-0.15, -0.1) is 0 Å². The van der Waals surface area contributed by atoms with Gasteiger partial charge in [-0.2, -0.15) is 11.8 Å². The van der Waals surface area contributed by atoms with Gasteiger partial charge in [-0.05, 0) is 30.2 Å². The van der Waals surface area contributed by atoms with E-state index >= 15 is 0 Å². The summed E-state index contributed by atoms with van der Waals surface area (Å²) >= 11 is 1.89. The molecule has 0 unspecified atom stereocenters. The van der Waals surface area contributed by atoms with Crippen LogP contribution in [0.3, 0.4) is 0 Å². The zero-order chi connectivity index (χ0) is 14.2. The summed E-state index contributed by atoms with van der Waals surface area (Å²) in [6, 6.07) is 16.6. The van der Waals surface area contributed by atoms with Crippen molar-refractivity contribution in [3.8, 4) is 5.75 Å². The molecule has 0 aromatic heterocycles. The maximum Gasteiger partial charge on any atom is 0.119 e. The quantitative estimate of drug-likeness (QED) is 0.787. The lowest BCUT2D eigenvalue weighted by Gasteiger charge is -2.07. The maximum absolute atomic E-state index is 5.73. The molecule has 0 aliphatic rings. The molecule has 2 rings (SSSR count). The van der Waals surface area contributed by atoms with Gasteiger partial charge in [-0.3, -0.25) is 0 Å². The van der Waals surface area contributed by atoms with Crippen LogP contribution in [0.5, 0.6) is 5.75 Å². The average molecular weight is 287 g/mol. The molecule has 0 heterocycles. The van der Waals surface area contributed by atoms with Crippen molar-refractivity contribution in [2.75, 3.05) is 12.4 Å². The molecule has 0 amide bonds. The number of rotatable bonds is 7. The van der Waals surface area contributed by atoms with Crippen molar-refractivity contribution in [3.63, 3.8) is 0 Å². The Hall–Kier alpha value is -1.45. The Balaban J connectivity index is 1.68. The van der Waals surface area contributed by atoms with Crippen molar-refractivity contribution in [2.45, 2.75) is 19.2 Å². The Bertz CT molecular complexity index is 542. The predicted molar refractivity (Wildman–Crippen MR) is 87.2 cm³/mol. The number of thioether (sulfide) groups is 1. The molecular formula is C17H21NOS. The molecule has 0 aliphatic carbocycles. The summed E-state index contributed by atoms with van der Waals surface area (Å²) in [7, 11) is 0. The van der Waals surface area contributed by atoms with Gasteiger partial charge in [0.25, 0.3) is 0 Å². The summed E-state index contributed by atoms with van der Waals surface area (Å²) in [5, 5.41) is 0. The highest BCUT2D eigenvalue weighted by Crippen LogP contribution is 2.16. The largest absolute Gasteiger partial charge is 0.493 e. The number of hydrogen-bond acceptors (Lipinski definition) is 3. The minimum absolute atomic E-state index is 0.555. The van der Waals surface area contributed by atoms with E-state index in [4.69, 9.17) is 10.5 Å². The Morgan fingerprint density at radius 3 is 2.65 bits per heavy atom. The lowest BCUT2D eigenvalue weighted by atomic mass is 10.2. The molecular weight excluding hydrogens is 266 g/mol. The summed E-state index contributed by atoms with van der Waals surface area (Å²) in [4.78, 5) is 0. The minimum atomic E-state index is 0.555. The van der Waals surface area contributed by atoms with Crippen molar-refractivity contribution in [3.05, 3.63) is 65.2 Å². The van der Waals surface area contributed by atoms with Crippen molar-refractivity contribution in [2.24, 2.45) is 5.73 Å². The molecule has 2 aromatic rings. The maximum atomic E-state index is 5.73. The normalized spacial score (nSPS) is 10.5. The van der Waals surface area contributed by atoms with Crippen LogP contribution in [0, 0.1) is 6.92 Å². The number of aryl methyl sites for hydroxylation is 1. The summed E-state index contributed by atoms with van der Waals surface area (Å²) < 4.78 is 5.73. The van der Waals surface area contributed by atoms with Crippen molar-refractivity contribution >= 4 is 11.8 Å². The van der Waals surface area contributed by atoms with E-state index in [1.165, 1.54) is 11.1 Å². The average Bonchev–Trinajstić information content (AvgIpc) is 2.47. The second-order valence-electron chi connectivity index (χ2n) is 4.74. The van der Waals surface area contributed by atoms with Gasteiger partial charge in [0.1, 0.15) is 5.75 Å². The van der Waals surface area contributed by atoms with Crippen LogP contribution in [0.2, 0.25) is 0 Å². The number of hydrogen-bond donors (Lipinski definition) is 1. The van der Waals surface area contributed by atoms with Crippen LogP contribution in [-0.4, -0.2) is 12.4 Å². The molecule has 0 saturated carbocycles. The molecule has 2 nitrogen and oxygen atoms in total. The zero-order valence-corrected chi connectivity index (χ0v) is 12.7. The van der Waals surface area contributed by atoms with Crippen LogP contribution >= 0.6 is 11.8 Å². The standard InChI is InChI=1S/C17H21NOS/c1-14-4-2-6-16(10-14)13-20-9-8-19-17-7-3-5-15(11-17)12-18/h2-7,10-11H,8-9,12-13,18H2,1H3. The van der Waals surface area contributed by atoms with E-state index in [0.717, 1.165) is 29.4 Å². The van der Waals surface area contributed by atoms with Gasteiger partial charge in [0, 0.05) is 18.1 Å². The highest BCUT2D eigenvalue weighted by Gasteiger charge is 1.97. The summed E-state index contributed by atoms with van der Waals surface area (Å²) in [6.07, 6.45) is 0. The predicted octanol–water partition coefficient (Wildman–Crippen LogP) is 3.77. The third-order valence-electron chi connectivity index (χ3n) is 2.98. The van der Waals surface area contributed by atoms with Gasteiger partial charge >= 0.3 is 0 Å². The Morgan fingerprint density at radius 2 is 1.85 bits per heavy atom. The summed E-state index contributed by atoms with van der Waals surface area (Å²) in [5.41, 5.74) is 9.41. The third-order valence-corrected chi connectivity index (χ3v) is 3.97. The topological polar surface area (TPSA) is 35.2 Å². The second-order valence-corrected chi connectivity index (χ2v) is 5.85.